The standard InChI is InChI=1S/C15H11Cl2N3O3/c1-7(13-10(16)5-18-6-11(13)17)23-8-2-3-12-9(4-8)14(15(21)22)20-19-12/h2-7H,1H3,(H,19,20)(H,21,22). The molecule has 118 valence electrons. The SMILES string of the molecule is CC(Oc1ccc2[nH]nc(C(=O)O)c2c1)c1c(Cl)cncc1Cl. The number of benzene rings is 1. The summed E-state index contributed by atoms with van der Waals surface area (Å²) in [4.78, 5) is 15.1. The van der Waals surface area contributed by atoms with Crippen LogP contribution < -0.4 is 4.74 Å². The number of carboxylic acids is 1. The number of nitrogens with one attached hydrogen (secondary N) is 1. The lowest BCUT2D eigenvalue weighted by molar-refractivity contribution is 0.0692. The van der Waals surface area contributed by atoms with Crippen molar-refractivity contribution in [2.75, 3.05) is 0 Å². The second-order valence-electron chi connectivity index (χ2n) is 4.86. The maximum absolute atomic E-state index is 11.2. The number of aromatic carboxylic acids is 1. The number of fused-ring (bicyclic) bond motifs is 1. The van der Waals surface area contributed by atoms with Gasteiger partial charge in [0.1, 0.15) is 11.9 Å². The summed E-state index contributed by atoms with van der Waals surface area (Å²) in [5, 5.41) is 16.8. The van der Waals surface area contributed by atoms with Crippen LogP contribution in [0.25, 0.3) is 10.9 Å². The normalized spacial score (nSPS) is 12.3. The number of ether oxygens (including phenoxy) is 1. The van der Waals surface area contributed by atoms with Gasteiger partial charge in [-0.2, -0.15) is 5.10 Å². The van der Waals surface area contributed by atoms with Gasteiger partial charge in [0, 0.05) is 23.3 Å². The summed E-state index contributed by atoms with van der Waals surface area (Å²) in [6, 6.07) is 5.03. The average molecular weight is 352 g/mol. The molecule has 1 aromatic carbocycles. The van der Waals surface area contributed by atoms with E-state index in [0.717, 1.165) is 0 Å². The molecule has 0 aliphatic heterocycles. The van der Waals surface area contributed by atoms with E-state index in [1.807, 2.05) is 0 Å². The van der Waals surface area contributed by atoms with Crippen LogP contribution >= 0.6 is 23.2 Å². The topological polar surface area (TPSA) is 88.1 Å². The van der Waals surface area contributed by atoms with Crippen molar-refractivity contribution < 1.29 is 14.6 Å². The van der Waals surface area contributed by atoms with Crippen LogP contribution in [0, 0.1) is 0 Å². The predicted octanol–water partition coefficient (Wildman–Crippen LogP) is 4.10. The lowest BCUT2D eigenvalue weighted by Crippen LogP contribution is -2.05. The number of carboxylic acid groups (broad SMARTS) is 1. The van der Waals surface area contributed by atoms with Crippen molar-refractivity contribution >= 4 is 40.1 Å². The molecular weight excluding hydrogens is 341 g/mol. The average Bonchev–Trinajstić information content (AvgIpc) is 2.90. The number of carbonyl (C=O) groups is 1. The van der Waals surface area contributed by atoms with Gasteiger partial charge in [-0.15, -0.1) is 0 Å². The molecule has 1 unspecified atom stereocenters. The molecule has 0 amide bonds. The molecule has 3 rings (SSSR count). The van der Waals surface area contributed by atoms with Crippen molar-refractivity contribution in [3.63, 3.8) is 0 Å². The number of halogens is 2. The monoisotopic (exact) mass is 351 g/mol. The summed E-state index contributed by atoms with van der Waals surface area (Å²) >= 11 is 12.2. The lowest BCUT2D eigenvalue weighted by Gasteiger charge is -2.17. The molecule has 0 fully saturated rings. The molecule has 1 atom stereocenters. The summed E-state index contributed by atoms with van der Waals surface area (Å²) in [7, 11) is 0. The second kappa shape index (κ2) is 6.06. The third kappa shape index (κ3) is 2.95. The Morgan fingerprint density at radius 2 is 2.00 bits per heavy atom. The van der Waals surface area contributed by atoms with E-state index in [1.54, 1.807) is 25.1 Å². The number of hydrogen-bond donors (Lipinski definition) is 2. The Bertz CT molecular complexity index is 875. The zero-order valence-electron chi connectivity index (χ0n) is 11.9. The molecule has 2 N–H and O–H groups in total. The fraction of sp³-hybridized carbons (Fsp3) is 0.133. The van der Waals surface area contributed by atoms with Gasteiger partial charge in [-0.25, -0.2) is 4.79 Å². The van der Waals surface area contributed by atoms with Gasteiger partial charge in [-0.3, -0.25) is 10.1 Å². The third-order valence-electron chi connectivity index (χ3n) is 3.35. The van der Waals surface area contributed by atoms with Gasteiger partial charge in [0.25, 0.3) is 0 Å². The summed E-state index contributed by atoms with van der Waals surface area (Å²) in [6.45, 7) is 1.80. The van der Waals surface area contributed by atoms with Crippen molar-refractivity contribution in [3.05, 3.63) is 51.9 Å². The zero-order chi connectivity index (χ0) is 16.6. The summed E-state index contributed by atoms with van der Waals surface area (Å²) in [5.41, 5.74) is 1.18. The van der Waals surface area contributed by atoms with Gasteiger partial charge in [0.2, 0.25) is 0 Å². The fourth-order valence-corrected chi connectivity index (χ4v) is 2.97. The molecule has 2 heterocycles. The Balaban J connectivity index is 1.95. The maximum atomic E-state index is 11.2. The highest BCUT2D eigenvalue weighted by molar-refractivity contribution is 6.35. The summed E-state index contributed by atoms with van der Waals surface area (Å²) in [5.74, 6) is -0.625. The maximum Gasteiger partial charge on any atom is 0.357 e. The van der Waals surface area contributed by atoms with Crippen molar-refractivity contribution in [3.8, 4) is 5.75 Å². The van der Waals surface area contributed by atoms with Gasteiger partial charge in [-0.1, -0.05) is 23.2 Å². The largest absolute Gasteiger partial charge is 0.486 e. The van der Waals surface area contributed by atoms with Crippen LogP contribution in [0.2, 0.25) is 10.0 Å². The van der Waals surface area contributed by atoms with E-state index in [-0.39, 0.29) is 5.69 Å². The summed E-state index contributed by atoms with van der Waals surface area (Å²) < 4.78 is 5.84. The Kier molecular flexibility index (Phi) is 4.11. The van der Waals surface area contributed by atoms with E-state index in [9.17, 15) is 4.79 Å². The van der Waals surface area contributed by atoms with Gasteiger partial charge in [0.05, 0.1) is 15.6 Å². The number of pyridine rings is 1. The zero-order valence-corrected chi connectivity index (χ0v) is 13.4. The smallest absolute Gasteiger partial charge is 0.357 e. The number of hydrogen-bond acceptors (Lipinski definition) is 4. The molecule has 0 radical (unpaired) electrons. The number of rotatable bonds is 4. The number of H-pyrrole nitrogens is 1. The third-order valence-corrected chi connectivity index (χ3v) is 3.95. The number of aromatic amines is 1. The number of aromatic nitrogens is 3. The molecule has 0 spiro atoms. The van der Waals surface area contributed by atoms with Crippen LogP contribution in [-0.4, -0.2) is 26.3 Å². The molecule has 0 saturated carbocycles. The van der Waals surface area contributed by atoms with E-state index in [1.165, 1.54) is 12.4 Å². The van der Waals surface area contributed by atoms with Crippen molar-refractivity contribution in [2.45, 2.75) is 13.0 Å². The Labute approximate surface area is 141 Å². The molecule has 23 heavy (non-hydrogen) atoms. The van der Waals surface area contributed by atoms with Gasteiger partial charge < -0.3 is 9.84 Å². The molecule has 0 saturated heterocycles. The van der Waals surface area contributed by atoms with Crippen LogP contribution in [0.3, 0.4) is 0 Å². The van der Waals surface area contributed by atoms with Crippen LogP contribution in [0.15, 0.2) is 30.6 Å². The molecule has 8 heteroatoms. The van der Waals surface area contributed by atoms with E-state index in [2.05, 4.69) is 15.2 Å². The molecule has 0 aliphatic carbocycles. The van der Waals surface area contributed by atoms with E-state index >= 15 is 0 Å². The molecule has 0 bridgehead atoms. The minimum absolute atomic E-state index is 0.0573. The Morgan fingerprint density at radius 3 is 2.65 bits per heavy atom. The Hall–Kier alpha value is -2.31. The van der Waals surface area contributed by atoms with Gasteiger partial charge in [0.15, 0.2) is 5.69 Å². The highest BCUT2D eigenvalue weighted by Gasteiger charge is 2.18. The molecule has 6 nitrogen and oxygen atoms in total. The first-order valence-corrected chi connectivity index (χ1v) is 7.40. The van der Waals surface area contributed by atoms with E-state index < -0.39 is 12.1 Å². The molecular formula is C15H11Cl2N3O3. The van der Waals surface area contributed by atoms with Crippen molar-refractivity contribution in [1.29, 1.82) is 0 Å². The quantitative estimate of drug-likeness (QED) is 0.738. The first-order chi connectivity index (χ1) is 11.0. The van der Waals surface area contributed by atoms with Gasteiger partial charge >= 0.3 is 5.97 Å². The minimum Gasteiger partial charge on any atom is -0.486 e. The van der Waals surface area contributed by atoms with Crippen LogP contribution in [0.1, 0.15) is 29.1 Å². The predicted molar refractivity (Wildman–Crippen MR) is 86.4 cm³/mol. The van der Waals surface area contributed by atoms with E-state index in [4.69, 9.17) is 33.0 Å². The van der Waals surface area contributed by atoms with Crippen molar-refractivity contribution in [2.24, 2.45) is 0 Å². The molecule has 3 aromatic rings. The lowest BCUT2D eigenvalue weighted by atomic mass is 10.1. The van der Waals surface area contributed by atoms with Crippen LogP contribution in [0.5, 0.6) is 5.75 Å². The first-order valence-electron chi connectivity index (χ1n) is 6.64. The minimum atomic E-state index is -1.11. The highest BCUT2D eigenvalue weighted by atomic mass is 35.5. The molecule has 0 aliphatic rings. The molecule has 2 aromatic heterocycles. The van der Waals surface area contributed by atoms with E-state index in [0.29, 0.717) is 32.3 Å². The highest BCUT2D eigenvalue weighted by Crippen LogP contribution is 2.33. The van der Waals surface area contributed by atoms with Crippen molar-refractivity contribution in [1.82, 2.24) is 15.2 Å². The Morgan fingerprint density at radius 1 is 1.30 bits per heavy atom. The number of nitrogens with zero attached hydrogens (tertiary/aromatic N) is 2. The fourth-order valence-electron chi connectivity index (χ4n) is 2.30. The first kappa shape index (κ1) is 15.6. The van der Waals surface area contributed by atoms with Crippen LogP contribution in [-0.2, 0) is 0 Å². The van der Waals surface area contributed by atoms with Crippen LogP contribution in [0.4, 0.5) is 0 Å². The second-order valence-corrected chi connectivity index (χ2v) is 5.68. The summed E-state index contributed by atoms with van der Waals surface area (Å²) in [6.07, 6.45) is 2.55. The van der Waals surface area contributed by atoms with Gasteiger partial charge in [-0.05, 0) is 25.1 Å².